The second-order valence-electron chi connectivity index (χ2n) is 5.99. The molecule has 1 atom stereocenters. The lowest BCUT2D eigenvalue weighted by Gasteiger charge is -2.27. The van der Waals surface area contributed by atoms with Gasteiger partial charge in [-0.3, -0.25) is 0 Å². The van der Waals surface area contributed by atoms with E-state index in [1.807, 2.05) is 13.0 Å². The maximum atomic E-state index is 12.5. The third-order valence-electron chi connectivity index (χ3n) is 4.15. The summed E-state index contributed by atoms with van der Waals surface area (Å²) in [5.74, 6) is -0.522. The van der Waals surface area contributed by atoms with Crippen LogP contribution in [0, 0.1) is 11.3 Å². The maximum Gasteiger partial charge on any atom is 0.338 e. The molecule has 0 saturated carbocycles. The number of nitriles is 1. The second kappa shape index (κ2) is 9.10. The Kier molecular flexibility index (Phi) is 6.85. The van der Waals surface area contributed by atoms with Crippen LogP contribution in [-0.2, 0) is 20.9 Å². The molecule has 1 aromatic carbocycles. The fraction of sp³-hybridized carbons (Fsp3) is 0.400. The summed E-state index contributed by atoms with van der Waals surface area (Å²) in [6, 6.07) is 7.20. The van der Waals surface area contributed by atoms with E-state index in [4.69, 9.17) is 19.9 Å². The molecule has 0 fully saturated rings. The molecule has 0 bridgehead atoms. The Balaban J connectivity index is 2.57. The van der Waals surface area contributed by atoms with Gasteiger partial charge in [0.05, 0.1) is 31.3 Å². The van der Waals surface area contributed by atoms with E-state index >= 15 is 0 Å². The molecule has 0 aromatic heterocycles. The van der Waals surface area contributed by atoms with Crippen LogP contribution in [-0.4, -0.2) is 24.3 Å². The van der Waals surface area contributed by atoms with Gasteiger partial charge in [-0.1, -0.05) is 13.0 Å². The number of ether oxygens (including phenoxy) is 3. The van der Waals surface area contributed by atoms with Gasteiger partial charge in [-0.2, -0.15) is 5.26 Å². The molecule has 7 nitrogen and oxygen atoms in total. The number of carbonyl (C=O) groups excluding carboxylic acids is 1. The van der Waals surface area contributed by atoms with E-state index in [9.17, 15) is 15.2 Å². The number of hydrogen-bond acceptors (Lipinski definition) is 7. The smallest absolute Gasteiger partial charge is 0.338 e. The molecule has 2 rings (SSSR count). The van der Waals surface area contributed by atoms with Crippen LogP contribution in [0.2, 0.25) is 0 Å². The van der Waals surface area contributed by atoms with E-state index in [-0.39, 0.29) is 36.0 Å². The molecule has 1 aliphatic heterocycles. The number of hydrogen-bond donors (Lipinski definition) is 2. The molecule has 0 saturated heterocycles. The highest BCUT2D eigenvalue weighted by Gasteiger charge is 2.36. The van der Waals surface area contributed by atoms with Crippen molar-refractivity contribution in [1.82, 2.24) is 0 Å². The number of esters is 1. The van der Waals surface area contributed by atoms with Gasteiger partial charge >= 0.3 is 5.97 Å². The summed E-state index contributed by atoms with van der Waals surface area (Å²) in [6.07, 6.45) is 0.833. The van der Waals surface area contributed by atoms with Crippen LogP contribution in [0.4, 0.5) is 0 Å². The summed E-state index contributed by atoms with van der Waals surface area (Å²) in [5, 5.41) is 19.3. The van der Waals surface area contributed by atoms with Gasteiger partial charge < -0.3 is 25.1 Å². The van der Waals surface area contributed by atoms with Crippen LogP contribution in [0.1, 0.15) is 44.2 Å². The van der Waals surface area contributed by atoms with E-state index < -0.39 is 11.9 Å². The van der Waals surface area contributed by atoms with E-state index in [1.165, 1.54) is 0 Å². The lowest BCUT2D eigenvalue weighted by atomic mass is 9.82. The average molecular weight is 372 g/mol. The Labute approximate surface area is 158 Å². The zero-order chi connectivity index (χ0) is 20.0. The standard InChI is InChI=1S/C20H24N2O5/c1-4-8-26-16-7-6-13(9-14(16)11-23)18-15(10-21)19(22)27-12(3)17(18)20(24)25-5-2/h6-7,9,18,23H,4-5,8,11,22H2,1-3H3. The monoisotopic (exact) mass is 372 g/mol. The third kappa shape index (κ3) is 4.23. The fourth-order valence-electron chi connectivity index (χ4n) is 2.94. The minimum absolute atomic E-state index is 0.0510. The molecule has 0 aliphatic carbocycles. The molecule has 1 unspecified atom stereocenters. The predicted molar refractivity (Wildman–Crippen MR) is 98.1 cm³/mol. The molecular formula is C20H24N2O5. The van der Waals surface area contributed by atoms with Gasteiger partial charge in [0.25, 0.3) is 0 Å². The Morgan fingerprint density at radius 2 is 2.15 bits per heavy atom. The molecule has 1 heterocycles. The number of carbonyl (C=O) groups is 1. The first kappa shape index (κ1) is 20.3. The van der Waals surface area contributed by atoms with Crippen molar-refractivity contribution in [3.63, 3.8) is 0 Å². The van der Waals surface area contributed by atoms with Crippen molar-refractivity contribution in [3.05, 3.63) is 52.1 Å². The van der Waals surface area contributed by atoms with Crippen molar-refractivity contribution in [2.75, 3.05) is 13.2 Å². The minimum Gasteiger partial charge on any atom is -0.493 e. The first-order valence-corrected chi connectivity index (χ1v) is 8.80. The van der Waals surface area contributed by atoms with Gasteiger partial charge in [-0.15, -0.1) is 0 Å². The molecule has 3 N–H and O–H groups in total. The summed E-state index contributed by atoms with van der Waals surface area (Å²) < 4.78 is 16.2. The van der Waals surface area contributed by atoms with Gasteiger partial charge in [0.15, 0.2) is 0 Å². The van der Waals surface area contributed by atoms with Crippen molar-refractivity contribution in [3.8, 4) is 11.8 Å². The molecule has 0 radical (unpaired) electrons. The number of rotatable bonds is 7. The number of aliphatic hydroxyl groups excluding tert-OH is 1. The molecule has 0 spiro atoms. The molecule has 144 valence electrons. The van der Waals surface area contributed by atoms with Crippen LogP contribution in [0.3, 0.4) is 0 Å². The summed E-state index contributed by atoms with van der Waals surface area (Å²) in [7, 11) is 0. The predicted octanol–water partition coefficient (Wildman–Crippen LogP) is 2.61. The molecule has 27 heavy (non-hydrogen) atoms. The number of nitrogens with two attached hydrogens (primary N) is 1. The van der Waals surface area contributed by atoms with Gasteiger partial charge in [0.1, 0.15) is 23.2 Å². The van der Waals surface area contributed by atoms with Crippen LogP contribution in [0.25, 0.3) is 0 Å². The zero-order valence-corrected chi connectivity index (χ0v) is 15.7. The molecule has 1 aromatic rings. The Hall–Kier alpha value is -2.98. The largest absolute Gasteiger partial charge is 0.493 e. The first-order valence-electron chi connectivity index (χ1n) is 8.80. The van der Waals surface area contributed by atoms with Crippen LogP contribution >= 0.6 is 0 Å². The first-order chi connectivity index (χ1) is 13.0. The van der Waals surface area contributed by atoms with E-state index in [0.717, 1.165) is 6.42 Å². The average Bonchev–Trinajstić information content (AvgIpc) is 2.65. The van der Waals surface area contributed by atoms with Crippen LogP contribution < -0.4 is 10.5 Å². The fourth-order valence-corrected chi connectivity index (χ4v) is 2.94. The minimum atomic E-state index is -0.742. The van der Waals surface area contributed by atoms with Gasteiger partial charge in [-0.05, 0) is 38.0 Å². The maximum absolute atomic E-state index is 12.5. The van der Waals surface area contributed by atoms with E-state index in [2.05, 4.69) is 0 Å². The number of benzene rings is 1. The molecule has 7 heteroatoms. The number of aliphatic hydroxyl groups is 1. The lowest BCUT2D eigenvalue weighted by molar-refractivity contribution is -0.139. The highest BCUT2D eigenvalue weighted by atomic mass is 16.5. The summed E-state index contributed by atoms with van der Waals surface area (Å²) in [6.45, 7) is 5.76. The topological polar surface area (TPSA) is 115 Å². The highest BCUT2D eigenvalue weighted by Crippen LogP contribution is 2.40. The number of allylic oxidation sites excluding steroid dienone is 2. The van der Waals surface area contributed by atoms with Gasteiger partial charge in [0.2, 0.25) is 5.88 Å². The Morgan fingerprint density at radius 3 is 2.74 bits per heavy atom. The lowest BCUT2D eigenvalue weighted by Crippen LogP contribution is -2.25. The summed E-state index contributed by atoms with van der Waals surface area (Å²) in [5.41, 5.74) is 7.40. The normalized spacial score (nSPS) is 16.6. The SMILES string of the molecule is CCCOc1ccc(C2C(C#N)=C(N)OC(C)=C2C(=O)OCC)cc1CO. The van der Waals surface area contributed by atoms with Crippen molar-refractivity contribution in [1.29, 1.82) is 5.26 Å². The third-order valence-corrected chi connectivity index (χ3v) is 4.15. The Bertz CT molecular complexity index is 820. The van der Waals surface area contributed by atoms with Gasteiger partial charge in [0, 0.05) is 5.56 Å². The van der Waals surface area contributed by atoms with Crippen LogP contribution in [0.5, 0.6) is 5.75 Å². The van der Waals surface area contributed by atoms with Crippen molar-refractivity contribution >= 4 is 5.97 Å². The van der Waals surface area contributed by atoms with E-state index in [0.29, 0.717) is 23.5 Å². The van der Waals surface area contributed by atoms with Crippen molar-refractivity contribution < 1.29 is 24.1 Å². The van der Waals surface area contributed by atoms with Crippen molar-refractivity contribution in [2.45, 2.75) is 39.7 Å². The van der Waals surface area contributed by atoms with E-state index in [1.54, 1.807) is 32.0 Å². The van der Waals surface area contributed by atoms with Crippen LogP contribution in [0.15, 0.2) is 41.0 Å². The quantitative estimate of drug-likeness (QED) is 0.707. The summed E-state index contributed by atoms with van der Waals surface area (Å²) in [4.78, 5) is 12.5. The van der Waals surface area contributed by atoms with Gasteiger partial charge in [-0.25, -0.2) is 4.79 Å². The zero-order valence-electron chi connectivity index (χ0n) is 15.7. The second-order valence-corrected chi connectivity index (χ2v) is 5.99. The number of nitrogens with zero attached hydrogens (tertiary/aromatic N) is 1. The summed E-state index contributed by atoms with van der Waals surface area (Å²) >= 11 is 0. The highest BCUT2D eigenvalue weighted by molar-refractivity contribution is 5.92. The molecule has 0 amide bonds. The Morgan fingerprint density at radius 1 is 1.41 bits per heavy atom. The van der Waals surface area contributed by atoms with Crippen molar-refractivity contribution in [2.24, 2.45) is 5.73 Å². The molecule has 1 aliphatic rings. The molecular weight excluding hydrogens is 348 g/mol.